The van der Waals surface area contributed by atoms with E-state index in [1.807, 2.05) is 0 Å². The van der Waals surface area contributed by atoms with Crippen LogP contribution in [0.2, 0.25) is 0 Å². The number of aryl methyl sites for hydroxylation is 1. The number of unbranched alkanes of at least 4 members (excludes halogenated alkanes) is 10. The van der Waals surface area contributed by atoms with Gasteiger partial charge in [-0.25, -0.2) is 0 Å². The molecule has 0 saturated carbocycles. The maximum Gasteiger partial charge on any atom is 0.151 e. The predicted octanol–water partition coefficient (Wildman–Crippen LogP) is 5.45. The Balaban J connectivity index is 2.39. The minimum Gasteiger partial charge on any atom is -0.397 e. The smallest absolute Gasteiger partial charge is 0.151 e. The highest BCUT2D eigenvalue weighted by atomic mass is 15.1. The van der Waals surface area contributed by atoms with Gasteiger partial charge in [0.25, 0.3) is 0 Å². The summed E-state index contributed by atoms with van der Waals surface area (Å²) in [7, 11) is 0. The first-order valence-electron chi connectivity index (χ1n) is 10.1. The maximum absolute atomic E-state index is 6.33. The van der Waals surface area contributed by atoms with Crippen LogP contribution in [0.15, 0.2) is 0 Å². The number of nitrogen functional groups attached to an aromatic ring is 2. The van der Waals surface area contributed by atoms with Gasteiger partial charge in [-0.3, -0.25) is 0 Å². The fourth-order valence-electron chi connectivity index (χ4n) is 3.14. The summed E-state index contributed by atoms with van der Waals surface area (Å²) in [6.07, 6.45) is 17.2. The van der Waals surface area contributed by atoms with Gasteiger partial charge in [0.1, 0.15) is 0 Å². The zero-order valence-corrected chi connectivity index (χ0v) is 15.9. The lowest BCUT2D eigenvalue weighted by Gasteiger charge is -2.12. The predicted molar refractivity (Wildman–Crippen MR) is 105 cm³/mol. The lowest BCUT2D eigenvalue weighted by Crippen LogP contribution is -2.09. The topological polar surface area (TPSA) is 77.8 Å². The van der Waals surface area contributed by atoms with Crippen molar-refractivity contribution in [2.24, 2.45) is 0 Å². The van der Waals surface area contributed by atoms with Crippen molar-refractivity contribution in [3.8, 4) is 0 Å². The Kier molecular flexibility index (Phi) is 11.2. The number of rotatable bonds is 14. The van der Waals surface area contributed by atoms with Crippen LogP contribution in [-0.4, -0.2) is 10.2 Å². The summed E-state index contributed by atoms with van der Waals surface area (Å²) < 4.78 is 0. The van der Waals surface area contributed by atoms with Crippen LogP contribution < -0.4 is 11.5 Å². The molecule has 0 atom stereocenters. The van der Waals surface area contributed by atoms with E-state index in [1.54, 1.807) is 0 Å². The number of nitrogens with two attached hydrogens (primary N) is 2. The van der Waals surface area contributed by atoms with E-state index >= 15 is 0 Å². The molecule has 1 rings (SSSR count). The molecular formula is C20H38N4. The zero-order chi connectivity index (χ0) is 17.6. The summed E-state index contributed by atoms with van der Waals surface area (Å²) in [5.41, 5.74) is 15.1. The molecular weight excluding hydrogens is 296 g/mol. The molecule has 24 heavy (non-hydrogen) atoms. The van der Waals surface area contributed by atoms with Crippen molar-refractivity contribution in [2.75, 3.05) is 11.5 Å². The van der Waals surface area contributed by atoms with E-state index in [4.69, 9.17) is 11.5 Å². The maximum atomic E-state index is 6.33. The van der Waals surface area contributed by atoms with Crippen molar-refractivity contribution in [3.63, 3.8) is 0 Å². The van der Waals surface area contributed by atoms with Crippen LogP contribution in [0.5, 0.6) is 0 Å². The second-order valence-corrected chi connectivity index (χ2v) is 6.96. The third-order valence-corrected chi connectivity index (χ3v) is 4.77. The fraction of sp³-hybridized carbons (Fsp3) is 0.800. The monoisotopic (exact) mass is 334 g/mol. The quantitative estimate of drug-likeness (QED) is 0.444. The van der Waals surface area contributed by atoms with Crippen LogP contribution in [0.3, 0.4) is 0 Å². The van der Waals surface area contributed by atoms with E-state index in [0.717, 1.165) is 42.6 Å². The van der Waals surface area contributed by atoms with E-state index in [1.165, 1.54) is 64.2 Å². The zero-order valence-electron chi connectivity index (χ0n) is 15.9. The van der Waals surface area contributed by atoms with E-state index in [-0.39, 0.29) is 0 Å². The molecule has 0 fully saturated rings. The van der Waals surface area contributed by atoms with Crippen LogP contribution >= 0.6 is 0 Å². The average molecular weight is 335 g/mol. The van der Waals surface area contributed by atoms with Gasteiger partial charge >= 0.3 is 0 Å². The lowest BCUT2D eigenvalue weighted by molar-refractivity contribution is 0.601. The van der Waals surface area contributed by atoms with Crippen LogP contribution in [-0.2, 0) is 12.8 Å². The molecule has 0 aliphatic rings. The number of anilines is 2. The third kappa shape index (κ3) is 7.98. The third-order valence-electron chi connectivity index (χ3n) is 4.77. The molecule has 0 unspecified atom stereocenters. The van der Waals surface area contributed by atoms with E-state index < -0.39 is 0 Å². The van der Waals surface area contributed by atoms with Gasteiger partial charge in [0.2, 0.25) is 0 Å². The summed E-state index contributed by atoms with van der Waals surface area (Å²) in [4.78, 5) is 0. The Morgan fingerprint density at radius 2 is 1.12 bits per heavy atom. The van der Waals surface area contributed by atoms with Gasteiger partial charge in [0.05, 0.1) is 11.4 Å². The molecule has 4 nitrogen and oxygen atoms in total. The van der Waals surface area contributed by atoms with Gasteiger partial charge in [-0.2, -0.15) is 5.10 Å². The minimum absolute atomic E-state index is 0.521. The molecule has 4 heteroatoms. The van der Waals surface area contributed by atoms with Crippen molar-refractivity contribution in [1.29, 1.82) is 0 Å². The Hall–Kier alpha value is -1.32. The van der Waals surface area contributed by atoms with Gasteiger partial charge in [-0.1, -0.05) is 78.1 Å². The fourth-order valence-corrected chi connectivity index (χ4v) is 3.14. The van der Waals surface area contributed by atoms with Gasteiger partial charge in [-0.05, 0) is 25.7 Å². The Bertz CT molecular complexity index is 446. The molecule has 4 N–H and O–H groups in total. The number of aromatic nitrogens is 2. The summed E-state index contributed by atoms with van der Waals surface area (Å²) in [6, 6.07) is 0. The lowest BCUT2D eigenvalue weighted by atomic mass is 10.0. The van der Waals surface area contributed by atoms with Crippen LogP contribution in [0.25, 0.3) is 0 Å². The van der Waals surface area contributed by atoms with Crippen LogP contribution in [0.1, 0.15) is 102 Å². The molecule has 1 aromatic heterocycles. The van der Waals surface area contributed by atoms with Gasteiger partial charge in [0.15, 0.2) is 5.82 Å². The first kappa shape index (κ1) is 20.7. The molecule has 0 saturated heterocycles. The second kappa shape index (κ2) is 13.0. The number of hydrogen-bond donors (Lipinski definition) is 2. The van der Waals surface area contributed by atoms with Crippen LogP contribution in [0, 0.1) is 0 Å². The molecule has 0 aromatic carbocycles. The van der Waals surface area contributed by atoms with Gasteiger partial charge in [0, 0.05) is 5.56 Å². The second-order valence-electron chi connectivity index (χ2n) is 6.96. The van der Waals surface area contributed by atoms with Crippen LogP contribution in [0.4, 0.5) is 11.5 Å². The van der Waals surface area contributed by atoms with Crippen molar-refractivity contribution < 1.29 is 0 Å². The molecule has 138 valence electrons. The summed E-state index contributed by atoms with van der Waals surface area (Å²) in [5.74, 6) is 0.521. The van der Waals surface area contributed by atoms with Gasteiger partial charge < -0.3 is 11.5 Å². The Morgan fingerprint density at radius 3 is 1.71 bits per heavy atom. The van der Waals surface area contributed by atoms with Crippen molar-refractivity contribution in [1.82, 2.24) is 10.2 Å². The van der Waals surface area contributed by atoms with E-state index in [9.17, 15) is 0 Å². The molecule has 0 aliphatic carbocycles. The van der Waals surface area contributed by atoms with E-state index in [2.05, 4.69) is 24.0 Å². The minimum atomic E-state index is 0.521. The summed E-state index contributed by atoms with van der Waals surface area (Å²) in [5, 5.41) is 8.39. The first-order valence-corrected chi connectivity index (χ1v) is 10.1. The highest BCUT2D eigenvalue weighted by Crippen LogP contribution is 2.24. The molecule has 0 radical (unpaired) electrons. The highest BCUT2D eigenvalue weighted by Gasteiger charge is 2.11. The molecule has 1 aromatic rings. The van der Waals surface area contributed by atoms with E-state index in [0.29, 0.717) is 5.82 Å². The Morgan fingerprint density at radius 1 is 0.625 bits per heavy atom. The largest absolute Gasteiger partial charge is 0.397 e. The molecule has 0 aliphatic heterocycles. The van der Waals surface area contributed by atoms with Crippen molar-refractivity contribution in [3.05, 3.63) is 11.3 Å². The summed E-state index contributed by atoms with van der Waals surface area (Å²) in [6.45, 7) is 4.49. The normalized spacial score (nSPS) is 11.1. The Labute approximate surface area is 148 Å². The highest BCUT2D eigenvalue weighted by molar-refractivity contribution is 5.59. The van der Waals surface area contributed by atoms with Gasteiger partial charge in [-0.15, -0.1) is 5.10 Å². The molecule has 0 spiro atoms. The SMILES string of the molecule is CCCCCCCCc1nnc(N)c(CCCCCCCC)c1N. The summed E-state index contributed by atoms with van der Waals surface area (Å²) >= 11 is 0. The average Bonchev–Trinajstić information content (AvgIpc) is 2.58. The molecule has 1 heterocycles. The first-order chi connectivity index (χ1) is 11.7. The van der Waals surface area contributed by atoms with Crippen molar-refractivity contribution >= 4 is 11.5 Å². The number of nitrogens with zero attached hydrogens (tertiary/aromatic N) is 2. The standard InChI is InChI=1S/C20H38N4/c1-3-5-7-9-11-13-15-17-19(21)18(23-24-20(17)22)16-14-12-10-8-6-4-2/h3-16H2,1-2H3,(H4,21,22,24). The molecule has 0 amide bonds. The van der Waals surface area contributed by atoms with Crippen molar-refractivity contribution in [2.45, 2.75) is 104 Å². The number of hydrogen-bond acceptors (Lipinski definition) is 4. The molecule has 0 bridgehead atoms.